The Hall–Kier alpha value is -1.39. The minimum atomic E-state index is -1.80. The average Bonchev–Trinajstić information content (AvgIpc) is 2.50. The minimum absolute atomic E-state index is 0.146. The molecule has 1 aromatic carbocycles. The smallest absolute Gasteiger partial charge is 0.264 e. The molecule has 0 radical (unpaired) electrons. The van der Waals surface area contributed by atoms with Gasteiger partial charge in [0.05, 0.1) is 10.7 Å². The summed E-state index contributed by atoms with van der Waals surface area (Å²) < 4.78 is 0. The third-order valence-corrected chi connectivity index (χ3v) is 3.57. The van der Waals surface area contributed by atoms with Crippen LogP contribution < -0.4 is 4.90 Å². The number of hydrogen-bond acceptors (Lipinski definition) is 3. The Morgan fingerprint density at radius 1 is 1.47 bits per heavy atom. The van der Waals surface area contributed by atoms with Crippen molar-refractivity contribution < 1.29 is 14.7 Å². The number of anilines is 1. The zero-order valence-corrected chi connectivity index (χ0v) is 11.9. The summed E-state index contributed by atoms with van der Waals surface area (Å²) in [5.74, 6) is -0.729. The van der Waals surface area contributed by atoms with Gasteiger partial charge < -0.3 is 10.0 Å². The highest BCUT2D eigenvalue weighted by Crippen LogP contribution is 2.46. The van der Waals surface area contributed by atoms with Gasteiger partial charge in [0.2, 0.25) is 0 Å². The quantitative estimate of drug-likeness (QED) is 0.924. The van der Waals surface area contributed by atoms with E-state index in [0.717, 1.165) is 0 Å². The third-order valence-electron chi connectivity index (χ3n) is 3.27. The van der Waals surface area contributed by atoms with E-state index in [0.29, 0.717) is 16.3 Å². The van der Waals surface area contributed by atoms with Crippen molar-refractivity contribution in [2.45, 2.75) is 38.8 Å². The van der Waals surface area contributed by atoms with E-state index in [1.807, 2.05) is 13.8 Å². The fourth-order valence-electron chi connectivity index (χ4n) is 2.53. The monoisotopic (exact) mass is 281 g/mol. The molecular weight excluding hydrogens is 266 g/mol. The molecule has 0 saturated carbocycles. The molecular formula is C14H16ClNO3. The molecule has 1 amide bonds. The van der Waals surface area contributed by atoms with Crippen molar-refractivity contribution in [3.05, 3.63) is 28.8 Å². The summed E-state index contributed by atoms with van der Waals surface area (Å²) in [6, 6.07) is 4.84. The van der Waals surface area contributed by atoms with Crippen LogP contribution in [0.4, 0.5) is 5.69 Å². The van der Waals surface area contributed by atoms with Gasteiger partial charge in [0, 0.05) is 18.0 Å². The summed E-state index contributed by atoms with van der Waals surface area (Å²) in [5.41, 5.74) is -0.877. The minimum Gasteiger partial charge on any atom is -0.375 e. The van der Waals surface area contributed by atoms with E-state index in [9.17, 15) is 14.7 Å². The number of halogens is 1. The molecule has 0 aliphatic carbocycles. The molecule has 4 nitrogen and oxygen atoms in total. The van der Waals surface area contributed by atoms with Crippen LogP contribution >= 0.6 is 11.6 Å². The van der Waals surface area contributed by atoms with Crippen LogP contribution in [0, 0.1) is 0 Å². The maximum absolute atomic E-state index is 12.5. The summed E-state index contributed by atoms with van der Waals surface area (Å²) >= 11 is 6.15. The van der Waals surface area contributed by atoms with Gasteiger partial charge in [-0.2, -0.15) is 0 Å². The van der Waals surface area contributed by atoms with Crippen molar-refractivity contribution >= 4 is 29.0 Å². The molecule has 102 valence electrons. The van der Waals surface area contributed by atoms with E-state index in [1.54, 1.807) is 18.2 Å². The van der Waals surface area contributed by atoms with E-state index in [-0.39, 0.29) is 18.2 Å². The van der Waals surface area contributed by atoms with Crippen molar-refractivity contribution in [1.82, 2.24) is 0 Å². The Balaban J connectivity index is 2.66. The number of para-hydroxylation sites is 1. The number of hydrogen-bond donors (Lipinski definition) is 1. The summed E-state index contributed by atoms with van der Waals surface area (Å²) in [6.07, 6.45) is -0.234. The zero-order valence-electron chi connectivity index (χ0n) is 11.1. The highest BCUT2D eigenvalue weighted by molar-refractivity contribution is 6.35. The first-order valence-electron chi connectivity index (χ1n) is 6.13. The van der Waals surface area contributed by atoms with Crippen molar-refractivity contribution in [2.75, 3.05) is 4.90 Å². The van der Waals surface area contributed by atoms with Crippen LogP contribution in [-0.2, 0) is 15.2 Å². The van der Waals surface area contributed by atoms with Crippen LogP contribution in [0.15, 0.2) is 18.2 Å². The van der Waals surface area contributed by atoms with Gasteiger partial charge in [-0.1, -0.05) is 23.7 Å². The summed E-state index contributed by atoms with van der Waals surface area (Å²) in [7, 11) is 0. The lowest BCUT2D eigenvalue weighted by Crippen LogP contribution is -2.44. The largest absolute Gasteiger partial charge is 0.375 e. The SMILES string of the molecule is CC(=O)CC1(O)C(=O)N(C(C)C)c2c(Cl)cccc21. The molecule has 19 heavy (non-hydrogen) atoms. The van der Waals surface area contributed by atoms with Crippen molar-refractivity contribution in [1.29, 1.82) is 0 Å². The molecule has 0 saturated heterocycles. The van der Waals surface area contributed by atoms with E-state index in [4.69, 9.17) is 11.6 Å². The van der Waals surface area contributed by atoms with E-state index in [1.165, 1.54) is 11.8 Å². The number of ketones is 1. The van der Waals surface area contributed by atoms with Gasteiger partial charge in [0.15, 0.2) is 5.60 Å². The molecule has 0 fully saturated rings. The fourth-order valence-corrected chi connectivity index (χ4v) is 2.80. The summed E-state index contributed by atoms with van der Waals surface area (Å²) in [4.78, 5) is 25.3. The number of amides is 1. The second kappa shape index (κ2) is 4.62. The van der Waals surface area contributed by atoms with Crippen LogP contribution in [0.2, 0.25) is 5.02 Å². The zero-order chi connectivity index (χ0) is 14.4. The third kappa shape index (κ3) is 2.05. The predicted octanol–water partition coefficient (Wildman–Crippen LogP) is 2.26. The summed E-state index contributed by atoms with van der Waals surface area (Å²) in [5, 5.41) is 11.1. The van der Waals surface area contributed by atoms with E-state index in [2.05, 4.69) is 0 Å². The first-order valence-corrected chi connectivity index (χ1v) is 6.51. The maximum Gasteiger partial charge on any atom is 0.264 e. The first kappa shape index (κ1) is 14.0. The topological polar surface area (TPSA) is 57.6 Å². The lowest BCUT2D eigenvalue weighted by atomic mass is 9.90. The normalized spacial score (nSPS) is 22.0. The van der Waals surface area contributed by atoms with Crippen LogP contribution in [0.1, 0.15) is 32.8 Å². The number of carbonyl (C=O) groups excluding carboxylic acids is 2. The van der Waals surface area contributed by atoms with Gasteiger partial charge in [-0.05, 0) is 26.8 Å². The van der Waals surface area contributed by atoms with Crippen molar-refractivity contribution in [3.63, 3.8) is 0 Å². The highest BCUT2D eigenvalue weighted by Gasteiger charge is 2.51. The molecule has 1 aromatic rings. The highest BCUT2D eigenvalue weighted by atomic mass is 35.5. The van der Waals surface area contributed by atoms with Crippen LogP contribution in [-0.4, -0.2) is 22.8 Å². The van der Waals surface area contributed by atoms with Crippen molar-refractivity contribution in [2.24, 2.45) is 0 Å². The number of benzene rings is 1. The number of fused-ring (bicyclic) bond motifs is 1. The predicted molar refractivity (Wildman–Crippen MR) is 73.3 cm³/mol. The standard InChI is InChI=1S/C14H16ClNO3/c1-8(2)16-12-10(5-4-6-11(12)15)14(19,13(16)18)7-9(3)17/h4-6,8,19H,7H2,1-3H3. The van der Waals surface area contributed by atoms with Crippen molar-refractivity contribution in [3.8, 4) is 0 Å². The van der Waals surface area contributed by atoms with E-state index < -0.39 is 11.5 Å². The van der Waals surface area contributed by atoms with Gasteiger partial charge in [0.1, 0.15) is 5.78 Å². The lowest BCUT2D eigenvalue weighted by molar-refractivity contribution is -0.141. The van der Waals surface area contributed by atoms with Gasteiger partial charge in [-0.15, -0.1) is 0 Å². The molecule has 0 bridgehead atoms. The molecule has 2 rings (SSSR count). The Morgan fingerprint density at radius 2 is 2.11 bits per heavy atom. The molecule has 1 atom stereocenters. The van der Waals surface area contributed by atoms with Crippen LogP contribution in [0.3, 0.4) is 0 Å². The van der Waals surface area contributed by atoms with Gasteiger partial charge in [0.25, 0.3) is 5.91 Å². The van der Waals surface area contributed by atoms with Crippen LogP contribution in [0.25, 0.3) is 0 Å². The molecule has 0 aromatic heterocycles. The molecule has 1 aliphatic rings. The molecule has 1 N–H and O–H groups in total. The lowest BCUT2D eigenvalue weighted by Gasteiger charge is -2.25. The Bertz CT molecular complexity index is 556. The number of rotatable bonds is 3. The van der Waals surface area contributed by atoms with Crippen LogP contribution in [0.5, 0.6) is 0 Å². The second-order valence-corrected chi connectivity index (χ2v) is 5.55. The Labute approximate surface area is 117 Å². The molecule has 0 spiro atoms. The van der Waals surface area contributed by atoms with Gasteiger partial charge >= 0.3 is 0 Å². The number of nitrogens with zero attached hydrogens (tertiary/aromatic N) is 1. The summed E-state index contributed by atoms with van der Waals surface area (Å²) in [6.45, 7) is 5.03. The molecule has 1 heterocycles. The number of aliphatic hydroxyl groups is 1. The van der Waals surface area contributed by atoms with Gasteiger partial charge in [-0.25, -0.2) is 0 Å². The molecule has 1 aliphatic heterocycles. The van der Waals surface area contributed by atoms with Gasteiger partial charge in [-0.3, -0.25) is 9.59 Å². The Kier molecular flexibility index (Phi) is 3.41. The first-order chi connectivity index (χ1) is 8.79. The fraction of sp³-hybridized carbons (Fsp3) is 0.429. The van der Waals surface area contributed by atoms with E-state index >= 15 is 0 Å². The second-order valence-electron chi connectivity index (χ2n) is 5.14. The Morgan fingerprint density at radius 3 is 2.63 bits per heavy atom. The average molecular weight is 282 g/mol. The molecule has 1 unspecified atom stereocenters. The maximum atomic E-state index is 12.5. The molecule has 5 heteroatoms. The number of Topliss-reactive ketones (excluding diaryl/α,β-unsaturated/α-hetero) is 1. The number of carbonyl (C=O) groups is 2.